The largest absolute Gasteiger partial charge is 0.365 e. The van der Waals surface area contributed by atoms with Gasteiger partial charge in [0.15, 0.2) is 5.41 Å². The van der Waals surface area contributed by atoms with Crippen LogP contribution in [-0.4, -0.2) is 66.4 Å². The number of imide groups is 2. The van der Waals surface area contributed by atoms with Crippen LogP contribution in [0.1, 0.15) is 32.3 Å². The zero-order valence-corrected chi connectivity index (χ0v) is 20.2. The zero-order chi connectivity index (χ0) is 24.7. The van der Waals surface area contributed by atoms with Crippen molar-refractivity contribution in [2.75, 3.05) is 42.5 Å². The normalized spacial score (nSPS) is 21.5. The van der Waals surface area contributed by atoms with Crippen LogP contribution in [0.25, 0.3) is 0 Å². The Morgan fingerprint density at radius 3 is 2.09 bits per heavy atom. The molecule has 8 heteroatoms. The summed E-state index contributed by atoms with van der Waals surface area (Å²) in [6, 6.07) is 13.4. The number of para-hydroxylation sites is 2. The zero-order valence-electron chi connectivity index (χ0n) is 20.2. The number of hydrogen-bond acceptors (Lipinski definition) is 5. The second kappa shape index (κ2) is 8.98. The van der Waals surface area contributed by atoms with Crippen molar-refractivity contribution in [1.82, 2.24) is 9.80 Å². The molecule has 0 radical (unpaired) electrons. The number of hydrogen-bond donors (Lipinski definition) is 0. The maximum absolute atomic E-state index is 14.8. The van der Waals surface area contributed by atoms with Gasteiger partial charge in [-0.15, -0.1) is 0 Å². The van der Waals surface area contributed by atoms with E-state index in [2.05, 4.69) is 4.90 Å². The quantitative estimate of drug-likeness (QED) is 0.614. The van der Waals surface area contributed by atoms with Crippen molar-refractivity contribution in [3.8, 4) is 0 Å². The number of barbiturate groups is 1. The molecule has 0 N–H and O–H groups in total. The lowest BCUT2D eigenvalue weighted by Gasteiger charge is -2.57. The minimum absolute atomic E-state index is 0.223. The minimum atomic E-state index is -1.45. The van der Waals surface area contributed by atoms with Gasteiger partial charge in [0.05, 0.1) is 11.7 Å². The van der Waals surface area contributed by atoms with E-state index in [1.54, 1.807) is 18.2 Å². The Morgan fingerprint density at radius 2 is 1.46 bits per heavy atom. The van der Waals surface area contributed by atoms with Crippen molar-refractivity contribution >= 4 is 29.2 Å². The van der Waals surface area contributed by atoms with Gasteiger partial charge in [0.25, 0.3) is 0 Å². The van der Waals surface area contributed by atoms with E-state index in [1.165, 1.54) is 15.9 Å². The highest BCUT2D eigenvalue weighted by Crippen LogP contribution is 2.47. The van der Waals surface area contributed by atoms with Crippen molar-refractivity contribution in [1.29, 1.82) is 0 Å². The number of rotatable bonds is 5. The summed E-state index contributed by atoms with van der Waals surface area (Å²) in [7, 11) is 0. The summed E-state index contributed by atoms with van der Waals surface area (Å²) in [5.41, 5.74) is 0.935. The van der Waals surface area contributed by atoms with Gasteiger partial charge in [-0.05, 0) is 43.0 Å². The lowest BCUT2D eigenvalue weighted by atomic mass is 9.67. The molecule has 0 unspecified atom stereocenters. The van der Waals surface area contributed by atoms with Crippen molar-refractivity contribution < 1.29 is 18.8 Å². The smallest absolute Gasteiger partial charge is 0.333 e. The lowest BCUT2D eigenvalue weighted by Crippen LogP contribution is -2.75. The van der Waals surface area contributed by atoms with Crippen LogP contribution >= 0.6 is 0 Å². The van der Waals surface area contributed by atoms with Gasteiger partial charge in [-0.3, -0.25) is 19.4 Å². The van der Waals surface area contributed by atoms with Crippen LogP contribution in [0.2, 0.25) is 0 Å². The Labute approximate surface area is 205 Å². The molecule has 0 bridgehead atoms. The van der Waals surface area contributed by atoms with Gasteiger partial charge in [-0.2, -0.15) is 0 Å². The van der Waals surface area contributed by atoms with Crippen LogP contribution in [0.15, 0.2) is 48.5 Å². The van der Waals surface area contributed by atoms with Crippen molar-refractivity contribution in [3.63, 3.8) is 0 Å². The highest BCUT2D eigenvalue weighted by Gasteiger charge is 2.64. The second-order valence-corrected chi connectivity index (χ2v) is 9.58. The SMILES string of the molecule is CCCN1C(=O)N(CCC)C(=O)C2(Cc3ccccc3N3CCN(c4ccccc4F)C[C@H]32)C1=O. The van der Waals surface area contributed by atoms with Crippen LogP contribution in [0, 0.1) is 11.2 Å². The molecule has 3 aliphatic rings. The number of amides is 4. The molecule has 0 aromatic heterocycles. The number of carbonyl (C=O) groups is 3. The molecule has 1 atom stereocenters. The lowest BCUT2D eigenvalue weighted by molar-refractivity contribution is -0.161. The van der Waals surface area contributed by atoms with Crippen molar-refractivity contribution in [2.45, 2.75) is 39.2 Å². The molecule has 3 heterocycles. The van der Waals surface area contributed by atoms with E-state index in [0.717, 1.165) is 11.3 Å². The summed E-state index contributed by atoms with van der Waals surface area (Å²) >= 11 is 0. The molecule has 35 heavy (non-hydrogen) atoms. The summed E-state index contributed by atoms with van der Waals surface area (Å²) in [6.07, 6.45) is 1.43. The standard InChI is InChI=1S/C27H31FN4O3/c1-3-13-31-24(33)27(25(34)32(14-4-2)26(31)35)17-19-9-5-7-11-21(19)30-16-15-29(18-23(27)30)22-12-8-6-10-20(22)28/h5-12,23H,3-4,13-18H2,1-2H3/t23-/m0/s1. The predicted octanol–water partition coefficient (Wildman–Crippen LogP) is 3.67. The third kappa shape index (κ3) is 3.49. The molecule has 0 saturated carbocycles. The number of carbonyl (C=O) groups excluding carboxylic acids is 3. The first-order valence-corrected chi connectivity index (χ1v) is 12.5. The van der Waals surface area contributed by atoms with E-state index in [1.807, 2.05) is 43.0 Å². The molecule has 184 valence electrons. The maximum atomic E-state index is 14.8. The van der Waals surface area contributed by atoms with E-state index in [9.17, 15) is 18.8 Å². The summed E-state index contributed by atoms with van der Waals surface area (Å²) in [6.45, 7) is 5.75. The van der Waals surface area contributed by atoms with Gasteiger partial charge in [0, 0.05) is 38.4 Å². The van der Waals surface area contributed by atoms with Gasteiger partial charge in [-0.25, -0.2) is 9.18 Å². The van der Waals surface area contributed by atoms with Gasteiger partial charge in [0.2, 0.25) is 11.8 Å². The average molecular weight is 479 g/mol. The molecular weight excluding hydrogens is 447 g/mol. The molecule has 0 aliphatic carbocycles. The van der Waals surface area contributed by atoms with Gasteiger partial charge in [0.1, 0.15) is 5.82 Å². The number of nitrogens with zero attached hydrogens (tertiary/aromatic N) is 4. The molecule has 2 aromatic rings. The average Bonchev–Trinajstić information content (AvgIpc) is 2.88. The van der Waals surface area contributed by atoms with E-state index >= 15 is 0 Å². The molecule has 2 fully saturated rings. The number of piperazine rings is 1. The molecule has 1 spiro atoms. The molecule has 2 saturated heterocycles. The summed E-state index contributed by atoms with van der Waals surface area (Å²) in [4.78, 5) is 48.2. The van der Waals surface area contributed by atoms with Gasteiger partial charge >= 0.3 is 6.03 Å². The van der Waals surface area contributed by atoms with Gasteiger partial charge < -0.3 is 9.80 Å². The monoisotopic (exact) mass is 478 g/mol. The third-order valence-corrected chi connectivity index (χ3v) is 7.52. The Morgan fingerprint density at radius 1 is 0.857 bits per heavy atom. The molecule has 2 aromatic carbocycles. The van der Waals surface area contributed by atoms with E-state index in [-0.39, 0.29) is 25.3 Å². The van der Waals surface area contributed by atoms with Crippen molar-refractivity contribution in [2.24, 2.45) is 5.41 Å². The minimum Gasteiger partial charge on any atom is -0.365 e. The number of fused-ring (bicyclic) bond motifs is 4. The molecule has 7 nitrogen and oxygen atoms in total. The van der Waals surface area contributed by atoms with Crippen LogP contribution in [0.4, 0.5) is 20.6 Å². The molecule has 5 rings (SSSR count). The second-order valence-electron chi connectivity index (χ2n) is 9.58. The number of benzene rings is 2. The summed E-state index contributed by atoms with van der Waals surface area (Å²) in [5.74, 6) is -1.19. The first-order chi connectivity index (χ1) is 16.9. The van der Waals surface area contributed by atoms with Crippen molar-refractivity contribution in [3.05, 3.63) is 59.9 Å². The Kier molecular flexibility index (Phi) is 5.99. The third-order valence-electron chi connectivity index (χ3n) is 7.52. The molecular formula is C27H31FN4O3. The van der Waals surface area contributed by atoms with Crippen LogP contribution in [-0.2, 0) is 16.0 Å². The Hall–Kier alpha value is -3.42. The topological polar surface area (TPSA) is 64.2 Å². The fourth-order valence-corrected chi connectivity index (χ4v) is 5.95. The fourth-order valence-electron chi connectivity index (χ4n) is 5.95. The Balaban J connectivity index is 1.66. The van der Waals surface area contributed by atoms with Gasteiger partial charge in [-0.1, -0.05) is 44.2 Å². The fraction of sp³-hybridized carbons (Fsp3) is 0.444. The first-order valence-electron chi connectivity index (χ1n) is 12.5. The summed E-state index contributed by atoms with van der Waals surface area (Å²) in [5, 5.41) is 0. The first kappa shape index (κ1) is 23.3. The van der Waals surface area contributed by atoms with E-state index in [0.29, 0.717) is 38.2 Å². The number of halogens is 1. The maximum Gasteiger partial charge on any atom is 0.333 e. The molecule has 3 aliphatic heterocycles. The van der Waals surface area contributed by atoms with E-state index < -0.39 is 29.3 Å². The highest BCUT2D eigenvalue weighted by molar-refractivity contribution is 6.20. The van der Waals surface area contributed by atoms with Crippen LogP contribution in [0.5, 0.6) is 0 Å². The summed E-state index contributed by atoms with van der Waals surface area (Å²) < 4.78 is 14.8. The predicted molar refractivity (Wildman–Crippen MR) is 132 cm³/mol. The number of urea groups is 1. The van der Waals surface area contributed by atoms with Crippen LogP contribution < -0.4 is 9.80 Å². The Bertz CT molecular complexity index is 1140. The number of anilines is 2. The highest BCUT2D eigenvalue weighted by atomic mass is 19.1. The van der Waals surface area contributed by atoms with Crippen LogP contribution in [0.3, 0.4) is 0 Å². The van der Waals surface area contributed by atoms with E-state index in [4.69, 9.17) is 0 Å². The molecule has 4 amide bonds.